The summed E-state index contributed by atoms with van der Waals surface area (Å²) in [5.74, 6) is 0.399. The summed E-state index contributed by atoms with van der Waals surface area (Å²) in [7, 11) is 0. The van der Waals surface area contributed by atoms with Crippen molar-refractivity contribution in [1.29, 1.82) is 0 Å². The lowest BCUT2D eigenvalue weighted by atomic mass is 10.1. The van der Waals surface area contributed by atoms with Gasteiger partial charge in [-0.2, -0.15) is 0 Å². The number of ketones is 1. The first-order chi connectivity index (χ1) is 8.15. The average molecular weight is 233 g/mol. The Labute approximate surface area is 100 Å². The number of fused-ring (bicyclic) bond motifs is 2. The van der Waals surface area contributed by atoms with Crippen molar-refractivity contribution >= 4 is 11.5 Å². The van der Waals surface area contributed by atoms with Gasteiger partial charge in [0, 0.05) is 18.2 Å². The normalized spacial score (nSPS) is 26.6. The molecule has 1 aliphatic heterocycles. The first-order valence-corrected chi connectivity index (χ1v) is 6.22. The highest BCUT2D eigenvalue weighted by Crippen LogP contribution is 2.40. The van der Waals surface area contributed by atoms with E-state index >= 15 is 0 Å². The second kappa shape index (κ2) is 3.83. The van der Waals surface area contributed by atoms with Crippen molar-refractivity contribution in [2.24, 2.45) is 5.92 Å². The number of piperidine rings is 1. The molecule has 1 aromatic rings. The number of halogens is 1. The molecule has 1 saturated heterocycles. The lowest BCUT2D eigenvalue weighted by Gasteiger charge is -2.29. The van der Waals surface area contributed by atoms with Crippen LogP contribution in [0.2, 0.25) is 0 Å². The first-order valence-electron chi connectivity index (χ1n) is 6.22. The average Bonchev–Trinajstić information content (AvgIpc) is 2.90. The van der Waals surface area contributed by atoms with E-state index in [9.17, 15) is 9.18 Å². The van der Waals surface area contributed by atoms with Gasteiger partial charge in [-0.1, -0.05) is 0 Å². The van der Waals surface area contributed by atoms with Crippen LogP contribution in [0.15, 0.2) is 18.2 Å². The molecule has 90 valence electrons. The molecule has 0 spiro atoms. The van der Waals surface area contributed by atoms with Gasteiger partial charge < -0.3 is 4.90 Å². The number of hydrogen-bond donors (Lipinski definition) is 0. The number of Topliss-reactive ketones (excluding diaryl/α,β-unsaturated/α-hetero) is 1. The highest BCUT2D eigenvalue weighted by Gasteiger charge is 2.38. The zero-order valence-electron chi connectivity index (χ0n) is 9.95. The fraction of sp³-hybridized carbons (Fsp3) is 0.500. The van der Waals surface area contributed by atoms with Crippen molar-refractivity contribution in [3.8, 4) is 0 Å². The molecule has 3 rings (SSSR count). The minimum Gasteiger partial charge on any atom is -0.366 e. The van der Waals surface area contributed by atoms with Crippen molar-refractivity contribution in [2.75, 3.05) is 11.4 Å². The molecule has 0 amide bonds. The number of anilines is 1. The molecular formula is C14H16FNO. The SMILES string of the molecule is CC(=O)c1ccc(N2CC3CCC2C3)c(F)c1. The molecule has 2 bridgehead atoms. The molecule has 1 heterocycles. The van der Waals surface area contributed by atoms with E-state index in [1.807, 2.05) is 0 Å². The first kappa shape index (κ1) is 10.8. The third kappa shape index (κ3) is 1.74. The Morgan fingerprint density at radius 1 is 1.41 bits per heavy atom. The second-order valence-corrected chi connectivity index (χ2v) is 5.21. The molecular weight excluding hydrogens is 217 g/mol. The number of carbonyl (C=O) groups excluding carboxylic acids is 1. The van der Waals surface area contributed by atoms with Gasteiger partial charge in [-0.3, -0.25) is 4.79 Å². The highest BCUT2D eigenvalue weighted by atomic mass is 19.1. The van der Waals surface area contributed by atoms with Crippen LogP contribution in [-0.4, -0.2) is 18.4 Å². The van der Waals surface area contributed by atoms with Gasteiger partial charge in [-0.05, 0) is 50.3 Å². The van der Waals surface area contributed by atoms with Gasteiger partial charge in [0.2, 0.25) is 0 Å². The van der Waals surface area contributed by atoms with Crippen LogP contribution in [0.5, 0.6) is 0 Å². The topological polar surface area (TPSA) is 20.3 Å². The minimum absolute atomic E-state index is 0.0848. The second-order valence-electron chi connectivity index (χ2n) is 5.21. The molecule has 2 fully saturated rings. The summed E-state index contributed by atoms with van der Waals surface area (Å²) >= 11 is 0. The number of benzene rings is 1. The quantitative estimate of drug-likeness (QED) is 0.732. The Bertz CT molecular complexity index is 471. The highest BCUT2D eigenvalue weighted by molar-refractivity contribution is 5.94. The third-order valence-electron chi connectivity index (χ3n) is 4.07. The minimum atomic E-state index is -0.259. The fourth-order valence-corrected chi connectivity index (χ4v) is 3.18. The van der Waals surface area contributed by atoms with E-state index in [-0.39, 0.29) is 11.6 Å². The van der Waals surface area contributed by atoms with Crippen molar-refractivity contribution in [2.45, 2.75) is 32.2 Å². The smallest absolute Gasteiger partial charge is 0.159 e. The Morgan fingerprint density at radius 2 is 2.24 bits per heavy atom. The van der Waals surface area contributed by atoms with E-state index < -0.39 is 0 Å². The zero-order chi connectivity index (χ0) is 12.0. The van der Waals surface area contributed by atoms with Crippen LogP contribution in [0.3, 0.4) is 0 Å². The molecule has 2 aliphatic rings. The van der Waals surface area contributed by atoms with Gasteiger partial charge in [0.1, 0.15) is 5.82 Å². The van der Waals surface area contributed by atoms with Crippen LogP contribution >= 0.6 is 0 Å². The Morgan fingerprint density at radius 3 is 2.76 bits per heavy atom. The summed E-state index contributed by atoms with van der Waals surface area (Å²) < 4.78 is 14.0. The van der Waals surface area contributed by atoms with Gasteiger partial charge in [0.05, 0.1) is 5.69 Å². The number of carbonyl (C=O) groups is 1. The van der Waals surface area contributed by atoms with E-state index in [2.05, 4.69) is 4.90 Å². The van der Waals surface area contributed by atoms with E-state index in [1.165, 1.54) is 32.3 Å². The van der Waals surface area contributed by atoms with Gasteiger partial charge in [0.15, 0.2) is 5.78 Å². The predicted molar refractivity (Wildman–Crippen MR) is 64.9 cm³/mol. The molecule has 0 N–H and O–H groups in total. The van der Waals surface area contributed by atoms with Gasteiger partial charge in [0.25, 0.3) is 0 Å². The van der Waals surface area contributed by atoms with E-state index in [0.717, 1.165) is 12.5 Å². The lowest BCUT2D eigenvalue weighted by Crippen LogP contribution is -2.32. The maximum absolute atomic E-state index is 14.0. The third-order valence-corrected chi connectivity index (χ3v) is 4.07. The molecule has 17 heavy (non-hydrogen) atoms. The summed E-state index contributed by atoms with van der Waals surface area (Å²) in [6.07, 6.45) is 3.67. The van der Waals surface area contributed by atoms with Gasteiger partial charge in [-0.15, -0.1) is 0 Å². The largest absolute Gasteiger partial charge is 0.366 e. The van der Waals surface area contributed by atoms with Crippen LogP contribution in [0.1, 0.15) is 36.5 Å². The van der Waals surface area contributed by atoms with Gasteiger partial charge in [-0.25, -0.2) is 4.39 Å². The summed E-state index contributed by atoms with van der Waals surface area (Å²) in [6, 6.07) is 5.36. The summed E-state index contributed by atoms with van der Waals surface area (Å²) in [4.78, 5) is 13.4. The van der Waals surface area contributed by atoms with Crippen LogP contribution < -0.4 is 4.90 Å². The van der Waals surface area contributed by atoms with E-state index in [4.69, 9.17) is 0 Å². The molecule has 1 saturated carbocycles. The molecule has 3 heteroatoms. The number of rotatable bonds is 2. The Hall–Kier alpha value is -1.38. The summed E-state index contributed by atoms with van der Waals surface area (Å²) in [5, 5.41) is 0. The predicted octanol–water partition coefficient (Wildman–Crippen LogP) is 3.02. The monoisotopic (exact) mass is 233 g/mol. The van der Waals surface area contributed by atoms with E-state index in [0.29, 0.717) is 17.3 Å². The van der Waals surface area contributed by atoms with Crippen molar-refractivity contribution in [3.63, 3.8) is 0 Å². The standard InChI is InChI=1S/C14H16FNO/c1-9(17)11-3-5-14(13(15)7-11)16-8-10-2-4-12(16)6-10/h3,5,7,10,12H,2,4,6,8H2,1H3. The molecule has 2 atom stereocenters. The van der Waals surface area contributed by atoms with Crippen LogP contribution in [0.4, 0.5) is 10.1 Å². The van der Waals surface area contributed by atoms with Crippen molar-refractivity contribution < 1.29 is 9.18 Å². The van der Waals surface area contributed by atoms with Crippen molar-refractivity contribution in [3.05, 3.63) is 29.6 Å². The Kier molecular flexibility index (Phi) is 2.42. The molecule has 2 unspecified atom stereocenters. The summed E-state index contributed by atoms with van der Waals surface area (Å²) in [6.45, 7) is 2.44. The molecule has 0 radical (unpaired) electrons. The van der Waals surface area contributed by atoms with E-state index in [1.54, 1.807) is 12.1 Å². The van der Waals surface area contributed by atoms with Crippen LogP contribution in [0, 0.1) is 11.7 Å². The fourth-order valence-electron chi connectivity index (χ4n) is 3.18. The molecule has 2 nitrogen and oxygen atoms in total. The van der Waals surface area contributed by atoms with Gasteiger partial charge >= 0.3 is 0 Å². The maximum Gasteiger partial charge on any atom is 0.159 e. The molecule has 1 aromatic carbocycles. The number of nitrogens with zero attached hydrogens (tertiary/aromatic N) is 1. The summed E-state index contributed by atoms with van der Waals surface area (Å²) in [5.41, 5.74) is 1.12. The maximum atomic E-state index is 14.0. The Balaban J connectivity index is 1.91. The van der Waals surface area contributed by atoms with Crippen LogP contribution in [-0.2, 0) is 0 Å². The number of hydrogen-bond acceptors (Lipinski definition) is 2. The van der Waals surface area contributed by atoms with Crippen LogP contribution in [0.25, 0.3) is 0 Å². The van der Waals surface area contributed by atoms with Crippen molar-refractivity contribution in [1.82, 2.24) is 0 Å². The zero-order valence-corrected chi connectivity index (χ0v) is 9.95. The lowest BCUT2D eigenvalue weighted by molar-refractivity contribution is 0.101. The molecule has 1 aliphatic carbocycles. The molecule has 0 aromatic heterocycles.